The first-order valence-electron chi connectivity index (χ1n) is 9.96. The number of aromatic nitrogens is 4. The van der Waals surface area contributed by atoms with Crippen LogP contribution in [0.2, 0.25) is 0 Å². The van der Waals surface area contributed by atoms with Crippen molar-refractivity contribution in [3.05, 3.63) is 47.9 Å². The van der Waals surface area contributed by atoms with E-state index in [4.69, 9.17) is 9.72 Å². The van der Waals surface area contributed by atoms with Crippen molar-refractivity contribution in [1.29, 1.82) is 0 Å². The minimum Gasteiger partial charge on any atom is -0.374 e. The average Bonchev–Trinajstić information content (AvgIpc) is 3.27. The summed E-state index contributed by atoms with van der Waals surface area (Å²) in [5.41, 5.74) is 1.95. The number of benzene rings is 1. The number of aryl methyl sites for hydroxylation is 2. The molecule has 0 saturated carbocycles. The molecular formula is C21H24N6O2. The van der Waals surface area contributed by atoms with E-state index in [1.807, 2.05) is 43.3 Å². The summed E-state index contributed by atoms with van der Waals surface area (Å²) >= 11 is 0. The molecule has 8 heteroatoms. The second-order valence-electron chi connectivity index (χ2n) is 7.74. The molecule has 1 amide bonds. The van der Waals surface area contributed by atoms with Gasteiger partial charge in [-0.1, -0.05) is 30.3 Å². The molecule has 0 spiro atoms. The number of rotatable bonds is 3. The lowest BCUT2D eigenvalue weighted by molar-refractivity contribution is -0.133. The molecule has 150 valence electrons. The van der Waals surface area contributed by atoms with Crippen molar-refractivity contribution < 1.29 is 9.53 Å². The first-order chi connectivity index (χ1) is 14.1. The van der Waals surface area contributed by atoms with E-state index in [0.29, 0.717) is 38.5 Å². The summed E-state index contributed by atoms with van der Waals surface area (Å²) in [6.45, 7) is 4.34. The Bertz CT molecular complexity index is 1050. The van der Waals surface area contributed by atoms with E-state index >= 15 is 0 Å². The molecule has 2 aromatic heterocycles. The first kappa shape index (κ1) is 18.1. The Kier molecular flexibility index (Phi) is 4.43. The molecule has 2 atom stereocenters. The van der Waals surface area contributed by atoms with Crippen molar-refractivity contribution in [3.8, 4) is 0 Å². The third kappa shape index (κ3) is 3.23. The third-order valence-corrected chi connectivity index (χ3v) is 5.78. The molecule has 5 rings (SSSR count). The van der Waals surface area contributed by atoms with Crippen molar-refractivity contribution in [3.63, 3.8) is 0 Å². The van der Waals surface area contributed by atoms with Crippen molar-refractivity contribution in [2.45, 2.75) is 32.0 Å². The highest BCUT2D eigenvalue weighted by Crippen LogP contribution is 2.31. The zero-order chi connectivity index (χ0) is 20.0. The monoisotopic (exact) mass is 392 g/mol. The van der Waals surface area contributed by atoms with Crippen molar-refractivity contribution >= 4 is 22.8 Å². The lowest BCUT2D eigenvalue weighted by Gasteiger charge is -2.29. The average molecular weight is 392 g/mol. The van der Waals surface area contributed by atoms with Crippen LogP contribution < -0.4 is 4.90 Å². The predicted octanol–water partition coefficient (Wildman–Crippen LogP) is 1.68. The molecule has 0 unspecified atom stereocenters. The summed E-state index contributed by atoms with van der Waals surface area (Å²) in [5.74, 6) is 1.72. The van der Waals surface area contributed by atoms with Crippen LogP contribution in [0, 0.1) is 6.92 Å². The number of anilines is 1. The third-order valence-electron chi connectivity index (χ3n) is 5.78. The van der Waals surface area contributed by atoms with Crippen LogP contribution in [0.3, 0.4) is 0 Å². The Balaban J connectivity index is 1.47. The van der Waals surface area contributed by atoms with Crippen molar-refractivity contribution in [2.24, 2.45) is 7.05 Å². The molecular weight excluding hydrogens is 368 g/mol. The minimum absolute atomic E-state index is 0.00722. The smallest absolute Gasteiger partial charge is 0.225 e. The molecule has 0 bridgehead atoms. The van der Waals surface area contributed by atoms with E-state index in [1.165, 1.54) is 0 Å². The van der Waals surface area contributed by atoms with Crippen molar-refractivity contribution in [2.75, 3.05) is 24.6 Å². The Morgan fingerprint density at radius 1 is 1.17 bits per heavy atom. The predicted molar refractivity (Wildman–Crippen MR) is 108 cm³/mol. The fraction of sp³-hybridized carbons (Fsp3) is 0.429. The van der Waals surface area contributed by atoms with Gasteiger partial charge in [-0.05, 0) is 12.5 Å². The van der Waals surface area contributed by atoms with Crippen LogP contribution >= 0.6 is 0 Å². The Labute approximate surface area is 169 Å². The topological polar surface area (TPSA) is 76.4 Å². The van der Waals surface area contributed by atoms with Crippen LogP contribution in [0.4, 0.5) is 5.82 Å². The van der Waals surface area contributed by atoms with Crippen LogP contribution in [-0.4, -0.2) is 62.4 Å². The van der Waals surface area contributed by atoms with E-state index in [-0.39, 0.29) is 18.1 Å². The van der Waals surface area contributed by atoms with Gasteiger partial charge in [-0.3, -0.25) is 9.48 Å². The summed E-state index contributed by atoms with van der Waals surface area (Å²) in [7, 11) is 1.88. The highest BCUT2D eigenvalue weighted by atomic mass is 16.5. The van der Waals surface area contributed by atoms with Gasteiger partial charge in [0, 0.05) is 26.7 Å². The second-order valence-corrected chi connectivity index (χ2v) is 7.74. The number of fused-ring (bicyclic) bond motifs is 2. The largest absolute Gasteiger partial charge is 0.374 e. The van der Waals surface area contributed by atoms with E-state index in [2.05, 4.69) is 27.1 Å². The standard InChI is InChI=1S/C21H24N6O2/c1-14-23-20-16(10-22-25(20)2)21(24-14)26-12-17-18(13-26)29-9-8-19(28)27(17)11-15-6-4-3-5-7-15/h3-7,10,17-18H,8-9,11-13H2,1-2H3/t17-,18-/m0/s1. The summed E-state index contributed by atoms with van der Waals surface area (Å²) in [4.78, 5) is 26.3. The molecule has 1 aromatic carbocycles. The fourth-order valence-corrected chi connectivity index (χ4v) is 4.36. The number of ether oxygens (including phenoxy) is 1. The molecule has 3 aromatic rings. The van der Waals surface area contributed by atoms with Gasteiger partial charge in [0.2, 0.25) is 5.91 Å². The van der Waals surface area contributed by atoms with Crippen molar-refractivity contribution in [1.82, 2.24) is 24.6 Å². The number of carbonyl (C=O) groups excluding carboxylic acids is 1. The van der Waals surface area contributed by atoms with Crippen LogP contribution in [0.15, 0.2) is 36.5 Å². The Hall–Kier alpha value is -3.00. The normalized spacial score (nSPS) is 22.2. The van der Waals surface area contributed by atoms with Gasteiger partial charge in [0.1, 0.15) is 11.6 Å². The van der Waals surface area contributed by atoms with Crippen LogP contribution in [0.5, 0.6) is 0 Å². The molecule has 4 heterocycles. The molecule has 2 aliphatic heterocycles. The maximum atomic E-state index is 12.9. The van der Waals surface area contributed by atoms with Crippen LogP contribution in [0.25, 0.3) is 11.0 Å². The van der Waals surface area contributed by atoms with Crippen LogP contribution in [-0.2, 0) is 23.1 Å². The van der Waals surface area contributed by atoms with Gasteiger partial charge in [-0.25, -0.2) is 9.97 Å². The minimum atomic E-state index is -0.0350. The van der Waals surface area contributed by atoms with Crippen LogP contribution in [0.1, 0.15) is 17.8 Å². The van der Waals surface area contributed by atoms with Gasteiger partial charge < -0.3 is 14.5 Å². The number of hydrogen-bond acceptors (Lipinski definition) is 6. The molecule has 2 aliphatic rings. The molecule has 0 radical (unpaired) electrons. The SMILES string of the molecule is Cc1nc(N2C[C@@H]3OCCC(=O)N(Cc4ccccc4)[C@H]3C2)c2cnn(C)c2n1. The van der Waals surface area contributed by atoms with E-state index in [9.17, 15) is 4.79 Å². The summed E-state index contributed by atoms with van der Waals surface area (Å²) in [6, 6.07) is 10.1. The summed E-state index contributed by atoms with van der Waals surface area (Å²) in [6.07, 6.45) is 2.21. The first-order valence-corrected chi connectivity index (χ1v) is 9.96. The summed E-state index contributed by atoms with van der Waals surface area (Å²) < 4.78 is 7.86. The lowest BCUT2D eigenvalue weighted by atomic mass is 10.1. The zero-order valence-electron chi connectivity index (χ0n) is 16.7. The van der Waals surface area contributed by atoms with Gasteiger partial charge in [0.15, 0.2) is 5.65 Å². The highest BCUT2D eigenvalue weighted by molar-refractivity contribution is 5.87. The molecule has 8 nitrogen and oxygen atoms in total. The van der Waals surface area contributed by atoms with E-state index in [0.717, 1.165) is 22.4 Å². The highest BCUT2D eigenvalue weighted by Gasteiger charge is 2.42. The molecule has 0 N–H and O–H groups in total. The van der Waals surface area contributed by atoms with E-state index < -0.39 is 0 Å². The molecule has 0 aliphatic carbocycles. The number of hydrogen-bond donors (Lipinski definition) is 0. The molecule has 29 heavy (non-hydrogen) atoms. The fourth-order valence-electron chi connectivity index (χ4n) is 4.36. The number of nitrogens with zero attached hydrogens (tertiary/aromatic N) is 6. The maximum Gasteiger partial charge on any atom is 0.225 e. The van der Waals surface area contributed by atoms with Gasteiger partial charge in [0.05, 0.1) is 36.8 Å². The van der Waals surface area contributed by atoms with E-state index in [1.54, 1.807) is 4.68 Å². The Morgan fingerprint density at radius 3 is 2.83 bits per heavy atom. The quantitative estimate of drug-likeness (QED) is 0.675. The number of carbonyl (C=O) groups is 1. The molecule has 2 fully saturated rings. The van der Waals surface area contributed by atoms with Gasteiger partial charge >= 0.3 is 0 Å². The zero-order valence-corrected chi connectivity index (χ0v) is 16.7. The second kappa shape index (κ2) is 7.11. The lowest BCUT2D eigenvalue weighted by Crippen LogP contribution is -2.45. The maximum absolute atomic E-state index is 12.9. The molecule has 2 saturated heterocycles. The van der Waals surface area contributed by atoms with Gasteiger partial charge in [-0.15, -0.1) is 0 Å². The summed E-state index contributed by atoms with van der Waals surface area (Å²) in [5, 5.41) is 5.28. The number of amides is 1. The van der Waals surface area contributed by atoms with Gasteiger partial charge in [0.25, 0.3) is 0 Å². The Morgan fingerprint density at radius 2 is 2.00 bits per heavy atom. The van der Waals surface area contributed by atoms with Gasteiger partial charge in [-0.2, -0.15) is 5.10 Å².